The maximum atomic E-state index is 12.8. The number of likely N-dealkylation sites (tertiary alicyclic amines) is 1. The van der Waals surface area contributed by atoms with Gasteiger partial charge < -0.3 is 9.80 Å². The summed E-state index contributed by atoms with van der Waals surface area (Å²) in [7, 11) is 0. The Labute approximate surface area is 181 Å². The predicted octanol–water partition coefficient (Wildman–Crippen LogP) is 2.88. The minimum atomic E-state index is -2.50. The largest absolute Gasteiger partial charge is 0.355 e. The topological polar surface area (TPSA) is 80.0 Å². The Kier molecular flexibility index (Phi) is 5.07. The van der Waals surface area contributed by atoms with Gasteiger partial charge in [0.05, 0.1) is 23.9 Å². The number of amides is 1. The summed E-state index contributed by atoms with van der Waals surface area (Å²) in [6, 6.07) is 0. The van der Waals surface area contributed by atoms with Crippen molar-refractivity contribution in [2.75, 3.05) is 24.5 Å². The van der Waals surface area contributed by atoms with Gasteiger partial charge in [-0.1, -0.05) is 0 Å². The molecule has 3 aromatic heterocycles. The van der Waals surface area contributed by atoms with E-state index in [1.807, 2.05) is 18.0 Å². The average molecular weight is 448 g/mol. The number of aryl methyl sites for hydroxylation is 1. The molecule has 0 unspecified atom stereocenters. The molecule has 164 valence electrons. The fourth-order valence-electron chi connectivity index (χ4n) is 4.59. The Morgan fingerprint density at radius 2 is 2.00 bits per heavy atom. The standard InChI is InChI=1S/C20H23F2N7OS/c1-13-23-7-14(31-13)10-28-12-20(6-18(28)30)2-4-27(5-3-20)17-9-24-15-8-25-29(11-16(21)22)19(15)26-17/h7-9,16H,2-6,10-12H2,1H3. The number of carbonyl (C=O) groups excluding carboxylic acids is 1. The number of nitrogens with zero attached hydrogens (tertiary/aromatic N) is 7. The molecule has 0 atom stereocenters. The molecule has 3 aromatic rings. The highest BCUT2D eigenvalue weighted by molar-refractivity contribution is 7.11. The average Bonchev–Trinajstić information content (AvgIpc) is 3.41. The normalized spacial score (nSPS) is 18.8. The van der Waals surface area contributed by atoms with Gasteiger partial charge in [0.25, 0.3) is 6.43 Å². The molecule has 0 saturated carbocycles. The van der Waals surface area contributed by atoms with Crippen LogP contribution in [-0.4, -0.2) is 61.6 Å². The Balaban J connectivity index is 1.26. The van der Waals surface area contributed by atoms with Crippen molar-refractivity contribution >= 4 is 34.2 Å². The van der Waals surface area contributed by atoms with Gasteiger partial charge in [0, 0.05) is 42.5 Å². The van der Waals surface area contributed by atoms with Crippen molar-refractivity contribution in [2.24, 2.45) is 5.41 Å². The molecule has 5 rings (SSSR count). The van der Waals surface area contributed by atoms with Crippen LogP contribution >= 0.6 is 11.3 Å². The Morgan fingerprint density at radius 1 is 1.19 bits per heavy atom. The van der Waals surface area contributed by atoms with Crippen LogP contribution in [0.3, 0.4) is 0 Å². The lowest BCUT2D eigenvalue weighted by Gasteiger charge is -2.39. The first-order valence-corrected chi connectivity index (χ1v) is 11.1. The predicted molar refractivity (Wildman–Crippen MR) is 112 cm³/mol. The second-order valence-corrected chi connectivity index (χ2v) is 9.73. The SMILES string of the molecule is Cc1ncc(CN2CC3(CCN(c4cnc5cnn(CC(F)F)c5n4)CC3)CC2=O)s1. The molecule has 2 aliphatic heterocycles. The smallest absolute Gasteiger partial charge is 0.258 e. The maximum absolute atomic E-state index is 12.8. The first-order chi connectivity index (χ1) is 14.9. The highest BCUT2D eigenvalue weighted by Gasteiger charge is 2.45. The van der Waals surface area contributed by atoms with Crippen LogP contribution in [0.4, 0.5) is 14.6 Å². The molecule has 0 N–H and O–H groups in total. The van der Waals surface area contributed by atoms with Crippen LogP contribution in [0.1, 0.15) is 29.1 Å². The zero-order valence-corrected chi connectivity index (χ0v) is 18.0. The van der Waals surface area contributed by atoms with Gasteiger partial charge in [-0.2, -0.15) is 5.10 Å². The molecule has 0 bridgehead atoms. The first-order valence-electron chi connectivity index (χ1n) is 10.3. The second kappa shape index (κ2) is 7.77. The van der Waals surface area contributed by atoms with E-state index in [-0.39, 0.29) is 11.3 Å². The first kappa shape index (κ1) is 20.2. The molecule has 0 radical (unpaired) electrons. The van der Waals surface area contributed by atoms with Gasteiger partial charge in [0.2, 0.25) is 5.91 Å². The summed E-state index contributed by atoms with van der Waals surface area (Å²) in [6.45, 7) is 4.38. The molecular formula is C20H23F2N7OS. The number of piperidine rings is 1. The van der Waals surface area contributed by atoms with Crippen LogP contribution in [0.2, 0.25) is 0 Å². The van der Waals surface area contributed by atoms with Crippen LogP contribution in [0.5, 0.6) is 0 Å². The van der Waals surface area contributed by atoms with Gasteiger partial charge in [0.15, 0.2) is 5.65 Å². The zero-order chi connectivity index (χ0) is 21.6. The van der Waals surface area contributed by atoms with Gasteiger partial charge in [-0.25, -0.2) is 28.4 Å². The highest BCUT2D eigenvalue weighted by atomic mass is 32.1. The van der Waals surface area contributed by atoms with E-state index in [4.69, 9.17) is 0 Å². The number of hydrogen-bond acceptors (Lipinski definition) is 7. The summed E-state index contributed by atoms with van der Waals surface area (Å²) in [6.07, 6.45) is 4.83. The third kappa shape index (κ3) is 3.98. The summed E-state index contributed by atoms with van der Waals surface area (Å²) in [5.74, 6) is 0.872. The van der Waals surface area contributed by atoms with E-state index in [1.165, 1.54) is 10.9 Å². The van der Waals surface area contributed by atoms with Crippen molar-refractivity contribution in [2.45, 2.75) is 45.7 Å². The fraction of sp³-hybridized carbons (Fsp3) is 0.550. The maximum Gasteiger partial charge on any atom is 0.258 e. The van der Waals surface area contributed by atoms with Crippen molar-refractivity contribution in [3.63, 3.8) is 0 Å². The van der Waals surface area contributed by atoms with Gasteiger partial charge >= 0.3 is 0 Å². The molecule has 8 nitrogen and oxygen atoms in total. The number of thiazole rings is 1. The summed E-state index contributed by atoms with van der Waals surface area (Å²) in [4.78, 5) is 31.0. The molecule has 0 aliphatic carbocycles. The van der Waals surface area contributed by atoms with Crippen LogP contribution in [-0.2, 0) is 17.9 Å². The van der Waals surface area contributed by atoms with E-state index in [9.17, 15) is 13.6 Å². The number of rotatable bonds is 5. The van der Waals surface area contributed by atoms with Crippen molar-refractivity contribution in [3.05, 3.63) is 28.5 Å². The quantitative estimate of drug-likeness (QED) is 0.598. The Bertz CT molecular complexity index is 1110. The second-order valence-electron chi connectivity index (χ2n) is 8.41. The van der Waals surface area contributed by atoms with E-state index in [0.717, 1.165) is 42.4 Å². The number of fused-ring (bicyclic) bond motifs is 1. The van der Waals surface area contributed by atoms with Crippen molar-refractivity contribution in [3.8, 4) is 0 Å². The molecule has 1 spiro atoms. The minimum Gasteiger partial charge on any atom is -0.355 e. The number of halogens is 2. The van der Waals surface area contributed by atoms with E-state index in [1.54, 1.807) is 17.5 Å². The number of alkyl halides is 2. The van der Waals surface area contributed by atoms with E-state index >= 15 is 0 Å². The zero-order valence-electron chi connectivity index (χ0n) is 17.2. The third-order valence-electron chi connectivity index (χ3n) is 6.21. The molecule has 5 heterocycles. The minimum absolute atomic E-state index is 0.0116. The third-order valence-corrected chi connectivity index (χ3v) is 7.11. The number of hydrogen-bond donors (Lipinski definition) is 0. The van der Waals surface area contributed by atoms with Gasteiger partial charge in [0.1, 0.15) is 17.9 Å². The summed E-state index contributed by atoms with van der Waals surface area (Å²) in [5.41, 5.74) is 0.871. The van der Waals surface area contributed by atoms with Crippen molar-refractivity contribution in [1.82, 2.24) is 29.6 Å². The summed E-state index contributed by atoms with van der Waals surface area (Å²) in [5, 5.41) is 4.99. The number of carbonyl (C=O) groups is 1. The van der Waals surface area contributed by atoms with Crippen LogP contribution < -0.4 is 4.90 Å². The summed E-state index contributed by atoms with van der Waals surface area (Å²) < 4.78 is 26.8. The Hall–Kier alpha value is -2.69. The lowest BCUT2D eigenvalue weighted by Crippen LogP contribution is -2.42. The monoisotopic (exact) mass is 447 g/mol. The molecule has 11 heteroatoms. The molecular weight excluding hydrogens is 424 g/mol. The van der Waals surface area contributed by atoms with E-state index in [2.05, 4.69) is 25.0 Å². The van der Waals surface area contributed by atoms with Gasteiger partial charge in [-0.15, -0.1) is 11.3 Å². The lowest BCUT2D eigenvalue weighted by atomic mass is 9.77. The van der Waals surface area contributed by atoms with Crippen molar-refractivity contribution < 1.29 is 13.6 Å². The van der Waals surface area contributed by atoms with E-state index in [0.29, 0.717) is 29.9 Å². The molecule has 1 amide bonds. The molecule has 2 saturated heterocycles. The van der Waals surface area contributed by atoms with Crippen molar-refractivity contribution in [1.29, 1.82) is 0 Å². The molecule has 2 aliphatic rings. The molecule has 0 aromatic carbocycles. The Morgan fingerprint density at radius 3 is 2.71 bits per heavy atom. The van der Waals surface area contributed by atoms with E-state index < -0.39 is 13.0 Å². The molecule has 31 heavy (non-hydrogen) atoms. The van der Waals surface area contributed by atoms with Crippen LogP contribution in [0.25, 0.3) is 11.2 Å². The van der Waals surface area contributed by atoms with Gasteiger partial charge in [-0.05, 0) is 19.8 Å². The van der Waals surface area contributed by atoms with Gasteiger partial charge in [-0.3, -0.25) is 4.79 Å². The number of anilines is 1. The fourth-order valence-corrected chi connectivity index (χ4v) is 5.40. The summed E-state index contributed by atoms with van der Waals surface area (Å²) >= 11 is 1.63. The number of aromatic nitrogens is 5. The lowest BCUT2D eigenvalue weighted by molar-refractivity contribution is -0.128. The van der Waals surface area contributed by atoms with Crippen LogP contribution in [0, 0.1) is 12.3 Å². The van der Waals surface area contributed by atoms with Crippen LogP contribution in [0.15, 0.2) is 18.6 Å². The molecule has 2 fully saturated rings. The highest BCUT2D eigenvalue weighted by Crippen LogP contribution is 2.42.